The normalized spacial score (nSPS) is 15.6. The molecule has 0 unspecified atom stereocenters. The molecule has 8 nitrogen and oxygen atoms in total. The summed E-state index contributed by atoms with van der Waals surface area (Å²) in [5.41, 5.74) is 4.44. The summed E-state index contributed by atoms with van der Waals surface area (Å²) in [6.45, 7) is 4.62. The Balaban J connectivity index is 1.87. The smallest absolute Gasteiger partial charge is 0.323 e. The van der Waals surface area contributed by atoms with Crippen LogP contribution in [0.5, 0.6) is 5.75 Å². The van der Waals surface area contributed by atoms with E-state index in [2.05, 4.69) is 13.1 Å². The quantitative estimate of drug-likeness (QED) is 0.516. The van der Waals surface area contributed by atoms with E-state index in [0.29, 0.717) is 0 Å². The monoisotopic (exact) mass is 503 g/mol. The van der Waals surface area contributed by atoms with Crippen LogP contribution in [0.15, 0.2) is 65.4 Å². The molecule has 2 aromatic carbocycles. The van der Waals surface area contributed by atoms with Crippen molar-refractivity contribution in [2.24, 2.45) is 0 Å². The molecule has 0 saturated carbocycles. The first-order chi connectivity index (χ1) is 16.9. The van der Waals surface area contributed by atoms with Crippen LogP contribution < -0.4 is 5.19 Å². The molecule has 4 rings (SSSR count). The Morgan fingerprint density at radius 2 is 1.56 bits per heavy atom. The van der Waals surface area contributed by atoms with E-state index >= 15 is 0 Å². The Kier molecular flexibility index (Phi) is 6.27. The average Bonchev–Trinajstić information content (AvgIpc) is 2.79. The second-order valence-electron chi connectivity index (χ2n) is 9.42. The first-order valence-corrected chi connectivity index (χ1v) is 14.3. The summed E-state index contributed by atoms with van der Waals surface area (Å²) in [5.74, 6) is -3.26. The Labute approximate surface area is 208 Å². The van der Waals surface area contributed by atoms with E-state index in [0.717, 1.165) is 43.1 Å². The van der Waals surface area contributed by atoms with Gasteiger partial charge in [-0.05, 0) is 81.6 Å². The summed E-state index contributed by atoms with van der Waals surface area (Å²) in [4.78, 5) is 48.3. The minimum Gasteiger partial charge on any atom is -0.508 e. The molecule has 184 valence electrons. The molecule has 2 aromatic rings. The van der Waals surface area contributed by atoms with Gasteiger partial charge in [0.05, 0.1) is 0 Å². The van der Waals surface area contributed by atoms with Gasteiger partial charge in [0, 0.05) is 5.56 Å². The number of phenolic OH excluding ortho intramolecular Hbond substituents is 1. The van der Waals surface area contributed by atoms with Crippen molar-refractivity contribution in [1.82, 2.24) is 4.90 Å². The van der Waals surface area contributed by atoms with E-state index in [1.807, 2.05) is 19.1 Å². The van der Waals surface area contributed by atoms with Gasteiger partial charge in [-0.2, -0.15) is 0 Å². The number of ketones is 1. The third-order valence-electron chi connectivity index (χ3n) is 6.56. The van der Waals surface area contributed by atoms with Gasteiger partial charge in [-0.3, -0.25) is 19.2 Å². The number of rotatable bonds is 6. The van der Waals surface area contributed by atoms with Gasteiger partial charge in [-0.1, -0.05) is 31.3 Å². The highest BCUT2D eigenvalue weighted by atomic mass is 28.3. The third kappa shape index (κ3) is 4.40. The molecule has 1 amide bonds. The summed E-state index contributed by atoms with van der Waals surface area (Å²) < 4.78 is 0. The number of benzene rings is 2. The zero-order valence-electron chi connectivity index (χ0n) is 20.0. The number of fused-ring (bicyclic) bond motifs is 2. The van der Waals surface area contributed by atoms with E-state index < -0.39 is 39.0 Å². The Hall–Kier alpha value is -4.24. The SMILES string of the molecule is Cc1cc(C(=O)N(CC(=O)O)CC(=O)O)ccc1C1=C2C=CC(=O)C=C2[Si](C)(C)c2cc(O)ccc21. The van der Waals surface area contributed by atoms with Gasteiger partial charge < -0.3 is 20.2 Å². The summed E-state index contributed by atoms with van der Waals surface area (Å²) in [5, 5.41) is 30.4. The van der Waals surface area contributed by atoms with Crippen molar-refractivity contribution in [3.63, 3.8) is 0 Å². The lowest BCUT2D eigenvalue weighted by molar-refractivity contribution is -0.140. The van der Waals surface area contributed by atoms with Crippen molar-refractivity contribution < 1.29 is 34.5 Å². The van der Waals surface area contributed by atoms with E-state index in [1.165, 1.54) is 6.08 Å². The minimum atomic E-state index is -2.31. The topological polar surface area (TPSA) is 132 Å². The maximum absolute atomic E-state index is 12.9. The molecule has 1 aliphatic carbocycles. The van der Waals surface area contributed by atoms with Crippen LogP contribution in [0.3, 0.4) is 0 Å². The van der Waals surface area contributed by atoms with Crippen molar-refractivity contribution in [3.8, 4) is 5.75 Å². The van der Waals surface area contributed by atoms with Crippen LogP contribution in [-0.2, 0) is 14.4 Å². The van der Waals surface area contributed by atoms with Crippen LogP contribution in [0.2, 0.25) is 13.1 Å². The maximum Gasteiger partial charge on any atom is 0.323 e. The van der Waals surface area contributed by atoms with Crippen LogP contribution in [-0.4, -0.2) is 65.0 Å². The molecule has 0 fully saturated rings. The lowest BCUT2D eigenvalue weighted by Gasteiger charge is -2.37. The number of aromatic hydroxyl groups is 1. The van der Waals surface area contributed by atoms with E-state index in [4.69, 9.17) is 10.2 Å². The first-order valence-electron chi connectivity index (χ1n) is 11.3. The number of phenols is 1. The molecule has 0 saturated heterocycles. The molecule has 0 radical (unpaired) electrons. The van der Waals surface area contributed by atoms with Crippen LogP contribution in [0.4, 0.5) is 0 Å². The fraction of sp³-hybridized carbons (Fsp3) is 0.185. The molecule has 0 bridgehead atoms. The summed E-state index contributed by atoms with van der Waals surface area (Å²) in [7, 11) is -2.31. The number of carbonyl (C=O) groups excluding carboxylic acids is 2. The molecule has 0 spiro atoms. The van der Waals surface area contributed by atoms with Gasteiger partial charge in [0.15, 0.2) is 5.78 Å². The molecule has 3 N–H and O–H groups in total. The van der Waals surface area contributed by atoms with Crippen LogP contribution >= 0.6 is 0 Å². The number of aryl methyl sites for hydroxylation is 1. The average molecular weight is 504 g/mol. The maximum atomic E-state index is 12.9. The minimum absolute atomic E-state index is 0.0908. The first kappa shape index (κ1) is 24.9. The fourth-order valence-corrected chi connectivity index (χ4v) is 7.96. The second-order valence-corrected chi connectivity index (χ2v) is 13.7. The van der Waals surface area contributed by atoms with Gasteiger partial charge in [0.1, 0.15) is 26.9 Å². The molecule has 2 aliphatic rings. The van der Waals surface area contributed by atoms with Crippen LogP contribution in [0, 0.1) is 6.92 Å². The molecule has 0 atom stereocenters. The molecular formula is C27H25NO7Si. The molecular weight excluding hydrogens is 478 g/mol. The number of aliphatic carboxylic acids is 2. The molecule has 1 aliphatic heterocycles. The van der Waals surface area contributed by atoms with Gasteiger partial charge in [0.25, 0.3) is 5.91 Å². The van der Waals surface area contributed by atoms with Crippen molar-refractivity contribution in [3.05, 3.63) is 87.6 Å². The zero-order valence-corrected chi connectivity index (χ0v) is 21.0. The largest absolute Gasteiger partial charge is 0.508 e. The van der Waals surface area contributed by atoms with Crippen molar-refractivity contribution >= 4 is 42.5 Å². The predicted molar refractivity (Wildman–Crippen MR) is 136 cm³/mol. The highest BCUT2D eigenvalue weighted by Gasteiger charge is 2.40. The van der Waals surface area contributed by atoms with E-state index in [1.54, 1.807) is 36.4 Å². The van der Waals surface area contributed by atoms with Gasteiger partial charge >= 0.3 is 11.9 Å². The number of allylic oxidation sites excluding steroid dienone is 5. The third-order valence-corrected chi connectivity index (χ3v) is 10.1. The lowest BCUT2D eigenvalue weighted by Crippen LogP contribution is -2.49. The van der Waals surface area contributed by atoms with Gasteiger partial charge in [-0.15, -0.1) is 0 Å². The number of hydrogen-bond acceptors (Lipinski definition) is 5. The Morgan fingerprint density at radius 1 is 0.917 bits per heavy atom. The fourth-order valence-electron chi connectivity index (χ4n) is 4.89. The van der Waals surface area contributed by atoms with Crippen molar-refractivity contribution in [2.45, 2.75) is 20.0 Å². The Bertz CT molecular complexity index is 1420. The number of carboxylic acids is 2. The van der Waals surface area contributed by atoms with E-state index in [-0.39, 0.29) is 17.1 Å². The Morgan fingerprint density at radius 3 is 2.17 bits per heavy atom. The van der Waals surface area contributed by atoms with Crippen molar-refractivity contribution in [1.29, 1.82) is 0 Å². The number of hydrogen-bond donors (Lipinski definition) is 3. The number of carboxylic acid groups (broad SMARTS) is 2. The standard InChI is InChI=1S/C27H25NO7Si/c1-15-10-16(27(35)28(13-24(31)32)14-25(33)34)4-7-19(15)26-20-8-5-17(29)11-22(20)36(2,3)23-12-18(30)6-9-21(23)26/h4-12,29H,13-14H2,1-3H3,(H,31,32)(H,33,34). The number of amides is 1. The van der Waals surface area contributed by atoms with Gasteiger partial charge in [-0.25, -0.2) is 0 Å². The van der Waals surface area contributed by atoms with Crippen LogP contribution in [0.1, 0.15) is 27.0 Å². The zero-order chi connectivity index (χ0) is 26.4. The molecule has 36 heavy (non-hydrogen) atoms. The highest BCUT2D eigenvalue weighted by Crippen LogP contribution is 2.42. The molecule has 1 heterocycles. The van der Waals surface area contributed by atoms with Gasteiger partial charge in [0.2, 0.25) is 0 Å². The summed E-state index contributed by atoms with van der Waals surface area (Å²) >= 11 is 0. The lowest BCUT2D eigenvalue weighted by atomic mass is 9.87. The second kappa shape index (κ2) is 9.08. The molecule has 0 aromatic heterocycles. The van der Waals surface area contributed by atoms with Crippen molar-refractivity contribution in [2.75, 3.05) is 13.1 Å². The predicted octanol–water partition coefficient (Wildman–Crippen LogP) is 2.65. The number of carbonyl (C=O) groups is 4. The molecule has 9 heteroatoms. The van der Waals surface area contributed by atoms with Crippen LogP contribution in [0.25, 0.3) is 5.57 Å². The highest BCUT2D eigenvalue weighted by molar-refractivity contribution is 6.98. The summed E-state index contributed by atoms with van der Waals surface area (Å²) in [6.07, 6.45) is 5.01. The summed E-state index contributed by atoms with van der Waals surface area (Å²) in [6, 6.07) is 10.2. The number of nitrogens with zero attached hydrogens (tertiary/aromatic N) is 1. The van der Waals surface area contributed by atoms with E-state index in [9.17, 15) is 24.3 Å².